The van der Waals surface area contributed by atoms with Crippen LogP contribution in [0.4, 0.5) is 0 Å². The molecule has 0 aromatic carbocycles. The van der Waals surface area contributed by atoms with E-state index in [4.69, 9.17) is 9.47 Å². The Morgan fingerprint density at radius 3 is 2.60 bits per heavy atom. The molecule has 2 atom stereocenters. The fourth-order valence-electron chi connectivity index (χ4n) is 1.45. The summed E-state index contributed by atoms with van der Waals surface area (Å²) in [5, 5.41) is 0. The summed E-state index contributed by atoms with van der Waals surface area (Å²) in [5.41, 5.74) is -0.303. The number of Topliss-reactive ketones (excluding diaryl/α,β-unsaturated/α-hetero) is 1. The Morgan fingerprint density at radius 1 is 1.47 bits per heavy atom. The van der Waals surface area contributed by atoms with Gasteiger partial charge in [0.1, 0.15) is 6.61 Å². The van der Waals surface area contributed by atoms with Gasteiger partial charge in [-0.1, -0.05) is 27.7 Å². The molecule has 0 aromatic heterocycles. The SMILES string of the molecule is C[C@H]1CCO[C@@H]1COCC(=O)C(C)(C)C. The summed E-state index contributed by atoms with van der Waals surface area (Å²) in [5.74, 6) is 0.697. The minimum atomic E-state index is -0.303. The predicted octanol–water partition coefficient (Wildman–Crippen LogP) is 2.04. The molecule has 15 heavy (non-hydrogen) atoms. The number of carbonyl (C=O) groups is 1. The van der Waals surface area contributed by atoms with Crippen molar-refractivity contribution in [2.24, 2.45) is 11.3 Å². The van der Waals surface area contributed by atoms with Gasteiger partial charge in [0.25, 0.3) is 0 Å². The van der Waals surface area contributed by atoms with Crippen LogP contribution in [0.3, 0.4) is 0 Å². The maximum absolute atomic E-state index is 11.6. The van der Waals surface area contributed by atoms with Crippen LogP contribution in [0, 0.1) is 11.3 Å². The van der Waals surface area contributed by atoms with E-state index in [2.05, 4.69) is 6.92 Å². The number of rotatable bonds is 4. The normalized spacial score (nSPS) is 26.9. The molecule has 3 nitrogen and oxygen atoms in total. The van der Waals surface area contributed by atoms with Crippen LogP contribution in [0.15, 0.2) is 0 Å². The van der Waals surface area contributed by atoms with E-state index < -0.39 is 0 Å². The van der Waals surface area contributed by atoms with Gasteiger partial charge in [0.2, 0.25) is 0 Å². The first kappa shape index (κ1) is 12.7. The zero-order valence-electron chi connectivity index (χ0n) is 10.2. The van der Waals surface area contributed by atoms with Crippen molar-refractivity contribution in [2.45, 2.75) is 40.2 Å². The van der Waals surface area contributed by atoms with Gasteiger partial charge in [0.05, 0.1) is 12.7 Å². The fraction of sp³-hybridized carbons (Fsp3) is 0.917. The maximum Gasteiger partial charge on any atom is 0.163 e. The molecule has 1 rings (SSSR count). The molecule has 1 saturated heterocycles. The zero-order chi connectivity index (χ0) is 11.5. The summed E-state index contributed by atoms with van der Waals surface area (Å²) in [6, 6.07) is 0. The molecule has 3 heteroatoms. The highest BCUT2D eigenvalue weighted by Gasteiger charge is 2.26. The average Bonchev–Trinajstić information content (AvgIpc) is 2.50. The molecule has 0 aliphatic carbocycles. The first-order valence-electron chi connectivity index (χ1n) is 5.64. The molecule has 0 bridgehead atoms. The number of ether oxygens (including phenoxy) is 2. The minimum Gasteiger partial charge on any atom is -0.376 e. The van der Waals surface area contributed by atoms with E-state index in [1.54, 1.807) is 0 Å². The lowest BCUT2D eigenvalue weighted by Gasteiger charge is -2.18. The zero-order valence-corrected chi connectivity index (χ0v) is 10.2. The van der Waals surface area contributed by atoms with E-state index in [1.165, 1.54) is 0 Å². The molecule has 0 radical (unpaired) electrons. The third-order valence-corrected chi connectivity index (χ3v) is 2.89. The molecule has 0 saturated carbocycles. The molecule has 0 amide bonds. The summed E-state index contributed by atoms with van der Waals surface area (Å²) < 4.78 is 10.9. The van der Waals surface area contributed by atoms with Crippen molar-refractivity contribution in [1.82, 2.24) is 0 Å². The Hall–Kier alpha value is -0.410. The predicted molar refractivity (Wildman–Crippen MR) is 58.8 cm³/mol. The van der Waals surface area contributed by atoms with E-state index in [1.807, 2.05) is 20.8 Å². The van der Waals surface area contributed by atoms with Crippen LogP contribution in [-0.4, -0.2) is 31.7 Å². The Bertz CT molecular complexity index is 217. The second-order valence-corrected chi connectivity index (χ2v) is 5.36. The summed E-state index contributed by atoms with van der Waals surface area (Å²) in [4.78, 5) is 11.6. The van der Waals surface area contributed by atoms with E-state index in [-0.39, 0.29) is 23.9 Å². The van der Waals surface area contributed by atoms with E-state index >= 15 is 0 Å². The van der Waals surface area contributed by atoms with Crippen LogP contribution < -0.4 is 0 Å². The van der Waals surface area contributed by atoms with Crippen LogP contribution in [0.25, 0.3) is 0 Å². The van der Waals surface area contributed by atoms with Crippen molar-refractivity contribution in [3.8, 4) is 0 Å². The lowest BCUT2D eigenvalue weighted by Crippen LogP contribution is -2.28. The van der Waals surface area contributed by atoms with Crippen molar-refractivity contribution in [3.63, 3.8) is 0 Å². The summed E-state index contributed by atoms with van der Waals surface area (Å²) in [6.07, 6.45) is 1.28. The molecule has 1 aliphatic rings. The van der Waals surface area contributed by atoms with Gasteiger partial charge in [-0.15, -0.1) is 0 Å². The van der Waals surface area contributed by atoms with Crippen LogP contribution >= 0.6 is 0 Å². The molecule has 0 N–H and O–H groups in total. The first-order chi connectivity index (χ1) is 6.91. The summed E-state index contributed by atoms with van der Waals surface area (Å²) >= 11 is 0. The Labute approximate surface area is 92.1 Å². The monoisotopic (exact) mass is 214 g/mol. The number of hydrogen-bond donors (Lipinski definition) is 0. The molecule has 1 heterocycles. The lowest BCUT2D eigenvalue weighted by molar-refractivity contribution is -0.132. The molecule has 0 spiro atoms. The molecule has 1 aliphatic heterocycles. The standard InChI is InChI=1S/C12H22O3/c1-9-5-6-15-10(9)7-14-8-11(13)12(2,3)4/h9-10H,5-8H2,1-4H3/t9-,10+/m0/s1. The van der Waals surface area contributed by atoms with Crippen molar-refractivity contribution < 1.29 is 14.3 Å². The second kappa shape index (κ2) is 5.08. The quantitative estimate of drug-likeness (QED) is 0.718. The summed E-state index contributed by atoms with van der Waals surface area (Å²) in [7, 11) is 0. The van der Waals surface area contributed by atoms with Crippen molar-refractivity contribution >= 4 is 5.78 Å². The smallest absolute Gasteiger partial charge is 0.163 e. The Balaban J connectivity index is 2.19. The van der Waals surface area contributed by atoms with Gasteiger partial charge < -0.3 is 9.47 Å². The Morgan fingerprint density at radius 2 is 2.13 bits per heavy atom. The third kappa shape index (κ3) is 3.92. The van der Waals surface area contributed by atoms with Gasteiger partial charge in [-0.05, 0) is 12.3 Å². The average molecular weight is 214 g/mol. The number of hydrogen-bond acceptors (Lipinski definition) is 3. The van der Waals surface area contributed by atoms with Crippen molar-refractivity contribution in [1.29, 1.82) is 0 Å². The molecule has 88 valence electrons. The molecule has 0 aromatic rings. The van der Waals surface area contributed by atoms with E-state index in [0.717, 1.165) is 13.0 Å². The molecule has 1 fully saturated rings. The highest BCUT2D eigenvalue weighted by molar-refractivity contribution is 5.84. The van der Waals surface area contributed by atoms with Gasteiger partial charge in [-0.2, -0.15) is 0 Å². The first-order valence-corrected chi connectivity index (χ1v) is 5.64. The van der Waals surface area contributed by atoms with Crippen LogP contribution in [0.5, 0.6) is 0 Å². The summed E-state index contributed by atoms with van der Waals surface area (Å²) in [6.45, 7) is 9.46. The topological polar surface area (TPSA) is 35.5 Å². The van der Waals surface area contributed by atoms with Gasteiger partial charge in [0, 0.05) is 12.0 Å². The molecular formula is C12H22O3. The fourth-order valence-corrected chi connectivity index (χ4v) is 1.45. The lowest BCUT2D eigenvalue weighted by atomic mass is 9.91. The van der Waals surface area contributed by atoms with Crippen LogP contribution in [0.2, 0.25) is 0 Å². The Kier molecular flexibility index (Phi) is 4.29. The van der Waals surface area contributed by atoms with Crippen LogP contribution in [-0.2, 0) is 14.3 Å². The molecular weight excluding hydrogens is 192 g/mol. The highest BCUT2D eigenvalue weighted by Crippen LogP contribution is 2.20. The van der Waals surface area contributed by atoms with Gasteiger partial charge in [-0.25, -0.2) is 0 Å². The van der Waals surface area contributed by atoms with Gasteiger partial charge in [-0.3, -0.25) is 4.79 Å². The second-order valence-electron chi connectivity index (χ2n) is 5.36. The highest BCUT2D eigenvalue weighted by atomic mass is 16.5. The third-order valence-electron chi connectivity index (χ3n) is 2.89. The van der Waals surface area contributed by atoms with Crippen molar-refractivity contribution in [3.05, 3.63) is 0 Å². The largest absolute Gasteiger partial charge is 0.376 e. The molecule has 0 unspecified atom stereocenters. The van der Waals surface area contributed by atoms with E-state index in [9.17, 15) is 4.79 Å². The van der Waals surface area contributed by atoms with Crippen molar-refractivity contribution in [2.75, 3.05) is 19.8 Å². The number of ketones is 1. The van der Waals surface area contributed by atoms with E-state index in [0.29, 0.717) is 12.5 Å². The minimum absolute atomic E-state index is 0.146. The van der Waals surface area contributed by atoms with Crippen LogP contribution in [0.1, 0.15) is 34.1 Å². The van der Waals surface area contributed by atoms with Gasteiger partial charge in [0.15, 0.2) is 5.78 Å². The number of carbonyl (C=O) groups excluding carboxylic acids is 1. The maximum atomic E-state index is 11.6. The van der Waals surface area contributed by atoms with Gasteiger partial charge >= 0.3 is 0 Å².